The Balaban J connectivity index is 2.37. The van der Waals surface area contributed by atoms with E-state index in [1.165, 1.54) is 16.7 Å². The molecule has 0 unspecified atom stereocenters. The minimum atomic E-state index is 0.833. The van der Waals surface area contributed by atoms with Gasteiger partial charge in [-0.15, -0.1) is 0 Å². The summed E-state index contributed by atoms with van der Waals surface area (Å²) in [5, 5.41) is 3.44. The van der Waals surface area contributed by atoms with Crippen molar-refractivity contribution >= 4 is 0 Å². The molecule has 84 valence electrons. The van der Waals surface area contributed by atoms with Crippen LogP contribution in [0.5, 0.6) is 0 Å². The van der Waals surface area contributed by atoms with Crippen LogP contribution >= 0.6 is 0 Å². The average molecular weight is 207 g/mol. The van der Waals surface area contributed by atoms with E-state index >= 15 is 0 Å². The largest absolute Gasteiger partial charge is 0.385 e. The normalized spacial score (nSPS) is 10.6. The number of aryl methyl sites for hydroxylation is 2. The SMILES string of the molecule is COCCCNCc1c(C)cccc1C. The Morgan fingerprint density at radius 1 is 1.20 bits per heavy atom. The quantitative estimate of drug-likeness (QED) is 0.723. The van der Waals surface area contributed by atoms with Crippen molar-refractivity contribution in [2.45, 2.75) is 26.8 Å². The molecule has 0 aliphatic heterocycles. The summed E-state index contributed by atoms with van der Waals surface area (Å²) in [6.45, 7) is 7.14. The predicted octanol–water partition coefficient (Wildman–Crippen LogP) is 2.43. The molecule has 15 heavy (non-hydrogen) atoms. The molecule has 2 nitrogen and oxygen atoms in total. The Morgan fingerprint density at radius 3 is 2.47 bits per heavy atom. The molecule has 0 bridgehead atoms. The number of nitrogens with one attached hydrogen (secondary N) is 1. The molecule has 0 aliphatic rings. The summed E-state index contributed by atoms with van der Waals surface area (Å²) >= 11 is 0. The van der Waals surface area contributed by atoms with Crippen LogP contribution < -0.4 is 5.32 Å². The van der Waals surface area contributed by atoms with E-state index in [-0.39, 0.29) is 0 Å². The highest BCUT2D eigenvalue weighted by molar-refractivity contribution is 5.33. The second-order valence-electron chi connectivity index (χ2n) is 3.89. The second kappa shape index (κ2) is 6.59. The van der Waals surface area contributed by atoms with Crippen molar-refractivity contribution in [1.82, 2.24) is 5.32 Å². The third kappa shape index (κ3) is 4.02. The van der Waals surface area contributed by atoms with Gasteiger partial charge >= 0.3 is 0 Å². The first-order chi connectivity index (χ1) is 7.25. The molecule has 2 heteroatoms. The lowest BCUT2D eigenvalue weighted by Crippen LogP contribution is -2.17. The first-order valence-electron chi connectivity index (χ1n) is 5.50. The molecular weight excluding hydrogens is 186 g/mol. The maximum atomic E-state index is 5.00. The molecular formula is C13H21NO. The lowest BCUT2D eigenvalue weighted by atomic mass is 10.0. The van der Waals surface area contributed by atoms with Gasteiger partial charge in [0.15, 0.2) is 0 Å². The van der Waals surface area contributed by atoms with Crippen LogP contribution in [-0.4, -0.2) is 20.3 Å². The van der Waals surface area contributed by atoms with Crippen molar-refractivity contribution < 1.29 is 4.74 Å². The zero-order valence-electron chi connectivity index (χ0n) is 9.97. The summed E-state index contributed by atoms with van der Waals surface area (Å²) in [6.07, 6.45) is 1.07. The second-order valence-corrected chi connectivity index (χ2v) is 3.89. The van der Waals surface area contributed by atoms with E-state index in [1.54, 1.807) is 7.11 Å². The van der Waals surface area contributed by atoms with E-state index in [0.717, 1.165) is 26.1 Å². The number of ether oxygens (including phenoxy) is 1. The Kier molecular flexibility index (Phi) is 5.37. The molecule has 1 rings (SSSR count). The van der Waals surface area contributed by atoms with Gasteiger partial charge in [-0.05, 0) is 43.5 Å². The lowest BCUT2D eigenvalue weighted by molar-refractivity contribution is 0.194. The molecule has 0 atom stereocenters. The standard InChI is InChI=1S/C13H21NO/c1-11-6-4-7-12(2)13(11)10-14-8-5-9-15-3/h4,6-7,14H,5,8-10H2,1-3H3. The van der Waals surface area contributed by atoms with Gasteiger partial charge < -0.3 is 10.1 Å². The van der Waals surface area contributed by atoms with Gasteiger partial charge in [0.2, 0.25) is 0 Å². The molecule has 0 fully saturated rings. The van der Waals surface area contributed by atoms with Crippen molar-refractivity contribution in [2.75, 3.05) is 20.3 Å². The van der Waals surface area contributed by atoms with E-state index in [2.05, 4.69) is 37.4 Å². The van der Waals surface area contributed by atoms with Crippen molar-refractivity contribution in [3.8, 4) is 0 Å². The summed E-state index contributed by atoms with van der Waals surface area (Å²) in [6, 6.07) is 6.44. The van der Waals surface area contributed by atoms with Crippen molar-refractivity contribution in [1.29, 1.82) is 0 Å². The monoisotopic (exact) mass is 207 g/mol. The lowest BCUT2D eigenvalue weighted by Gasteiger charge is -2.10. The molecule has 0 aromatic heterocycles. The Morgan fingerprint density at radius 2 is 1.87 bits per heavy atom. The highest BCUT2D eigenvalue weighted by atomic mass is 16.5. The number of hydrogen-bond acceptors (Lipinski definition) is 2. The number of hydrogen-bond donors (Lipinski definition) is 1. The molecule has 0 amide bonds. The minimum absolute atomic E-state index is 0.833. The minimum Gasteiger partial charge on any atom is -0.385 e. The third-order valence-corrected chi connectivity index (χ3v) is 2.65. The summed E-state index contributed by atoms with van der Waals surface area (Å²) in [5.74, 6) is 0. The molecule has 0 saturated carbocycles. The topological polar surface area (TPSA) is 21.3 Å². The van der Waals surface area contributed by atoms with Gasteiger partial charge in [-0.1, -0.05) is 18.2 Å². The number of rotatable bonds is 6. The molecule has 1 aromatic rings. The van der Waals surface area contributed by atoms with E-state index in [4.69, 9.17) is 4.74 Å². The van der Waals surface area contributed by atoms with Crippen molar-refractivity contribution in [3.63, 3.8) is 0 Å². The van der Waals surface area contributed by atoms with Crippen LogP contribution in [0.3, 0.4) is 0 Å². The Bertz CT molecular complexity index is 276. The average Bonchev–Trinajstić information content (AvgIpc) is 2.21. The van der Waals surface area contributed by atoms with Gasteiger partial charge in [-0.2, -0.15) is 0 Å². The zero-order chi connectivity index (χ0) is 11.1. The molecule has 1 N–H and O–H groups in total. The van der Waals surface area contributed by atoms with Gasteiger partial charge in [0.05, 0.1) is 0 Å². The number of benzene rings is 1. The predicted molar refractivity (Wildman–Crippen MR) is 64.1 cm³/mol. The highest BCUT2D eigenvalue weighted by Crippen LogP contribution is 2.12. The van der Waals surface area contributed by atoms with Crippen molar-refractivity contribution in [3.05, 3.63) is 34.9 Å². The van der Waals surface area contributed by atoms with E-state index in [1.807, 2.05) is 0 Å². The Labute approximate surface area is 92.6 Å². The fourth-order valence-electron chi connectivity index (χ4n) is 1.68. The fraction of sp³-hybridized carbons (Fsp3) is 0.538. The van der Waals surface area contributed by atoms with Crippen LogP contribution in [-0.2, 0) is 11.3 Å². The van der Waals surface area contributed by atoms with Crippen molar-refractivity contribution in [2.24, 2.45) is 0 Å². The fourth-order valence-corrected chi connectivity index (χ4v) is 1.68. The van der Waals surface area contributed by atoms with E-state index in [0.29, 0.717) is 0 Å². The molecule has 0 radical (unpaired) electrons. The van der Waals surface area contributed by atoms with Gasteiger partial charge in [0.25, 0.3) is 0 Å². The molecule has 0 saturated heterocycles. The third-order valence-electron chi connectivity index (χ3n) is 2.65. The van der Waals surface area contributed by atoms with Gasteiger partial charge in [0, 0.05) is 20.3 Å². The summed E-state index contributed by atoms with van der Waals surface area (Å²) in [4.78, 5) is 0. The van der Waals surface area contributed by atoms with E-state index < -0.39 is 0 Å². The van der Waals surface area contributed by atoms with Crippen LogP contribution in [0, 0.1) is 13.8 Å². The number of methoxy groups -OCH3 is 1. The van der Waals surface area contributed by atoms with Gasteiger partial charge in [-0.25, -0.2) is 0 Å². The van der Waals surface area contributed by atoms with Crippen LogP contribution in [0.2, 0.25) is 0 Å². The smallest absolute Gasteiger partial charge is 0.0474 e. The van der Waals surface area contributed by atoms with Crippen LogP contribution in [0.1, 0.15) is 23.1 Å². The first-order valence-corrected chi connectivity index (χ1v) is 5.50. The molecule has 1 aromatic carbocycles. The van der Waals surface area contributed by atoms with Crippen LogP contribution in [0.15, 0.2) is 18.2 Å². The molecule has 0 heterocycles. The van der Waals surface area contributed by atoms with Crippen LogP contribution in [0.4, 0.5) is 0 Å². The molecule has 0 spiro atoms. The van der Waals surface area contributed by atoms with Gasteiger partial charge in [-0.3, -0.25) is 0 Å². The summed E-state index contributed by atoms with van der Waals surface area (Å²) in [7, 11) is 1.74. The summed E-state index contributed by atoms with van der Waals surface area (Å²) < 4.78 is 5.00. The maximum Gasteiger partial charge on any atom is 0.0474 e. The zero-order valence-corrected chi connectivity index (χ0v) is 9.97. The Hall–Kier alpha value is -0.860. The maximum absolute atomic E-state index is 5.00. The van der Waals surface area contributed by atoms with Gasteiger partial charge in [0.1, 0.15) is 0 Å². The molecule has 0 aliphatic carbocycles. The van der Waals surface area contributed by atoms with E-state index in [9.17, 15) is 0 Å². The summed E-state index contributed by atoms with van der Waals surface area (Å²) in [5.41, 5.74) is 4.17. The highest BCUT2D eigenvalue weighted by Gasteiger charge is 2.00. The van der Waals surface area contributed by atoms with Crippen LogP contribution in [0.25, 0.3) is 0 Å². The first kappa shape index (κ1) is 12.2.